The Labute approximate surface area is 137 Å². The van der Waals surface area contributed by atoms with Crippen LogP contribution >= 0.6 is 23.2 Å². The highest BCUT2D eigenvalue weighted by Crippen LogP contribution is 2.34. The van der Waals surface area contributed by atoms with E-state index in [9.17, 15) is 5.11 Å². The molecule has 1 aliphatic rings. The van der Waals surface area contributed by atoms with Crippen molar-refractivity contribution in [3.8, 4) is 0 Å². The normalized spacial score (nSPS) is 27.6. The summed E-state index contributed by atoms with van der Waals surface area (Å²) >= 11 is 12.3. The number of aliphatic hydroxyl groups is 1. The first-order chi connectivity index (χ1) is 9.93. The van der Waals surface area contributed by atoms with Crippen LogP contribution in [0.3, 0.4) is 0 Å². The Morgan fingerprint density at radius 3 is 2.62 bits per heavy atom. The van der Waals surface area contributed by atoms with Crippen molar-refractivity contribution in [3.63, 3.8) is 0 Å². The topological polar surface area (TPSA) is 32.3 Å². The van der Waals surface area contributed by atoms with Crippen molar-refractivity contribution in [1.29, 1.82) is 0 Å². The first kappa shape index (κ1) is 17.1. The van der Waals surface area contributed by atoms with E-state index in [2.05, 4.69) is 19.2 Å². The van der Waals surface area contributed by atoms with Crippen molar-refractivity contribution in [2.24, 2.45) is 5.92 Å². The summed E-state index contributed by atoms with van der Waals surface area (Å²) in [6.07, 6.45) is 5.24. The second-order valence-electron chi connectivity index (χ2n) is 6.34. The predicted molar refractivity (Wildman–Crippen MR) is 90.1 cm³/mol. The van der Waals surface area contributed by atoms with Crippen LogP contribution in [-0.4, -0.2) is 17.3 Å². The fourth-order valence-electron chi connectivity index (χ4n) is 3.10. The number of hydrogen-bond donors (Lipinski definition) is 2. The van der Waals surface area contributed by atoms with E-state index in [1.165, 1.54) is 6.42 Å². The number of hydrogen-bond acceptors (Lipinski definition) is 2. The van der Waals surface area contributed by atoms with Gasteiger partial charge in [0.15, 0.2) is 0 Å². The number of benzene rings is 1. The molecule has 1 aromatic rings. The second kappa shape index (κ2) is 7.32. The van der Waals surface area contributed by atoms with E-state index in [1.54, 1.807) is 6.07 Å². The number of halogens is 2. The zero-order valence-corrected chi connectivity index (χ0v) is 14.3. The highest BCUT2D eigenvalue weighted by molar-refractivity contribution is 6.33. The van der Waals surface area contributed by atoms with Gasteiger partial charge in [0.1, 0.15) is 0 Å². The van der Waals surface area contributed by atoms with E-state index in [-0.39, 0.29) is 6.04 Å². The molecular weight excluding hydrogens is 305 g/mol. The molecule has 0 aliphatic heterocycles. The monoisotopic (exact) mass is 329 g/mol. The molecule has 1 unspecified atom stereocenters. The van der Waals surface area contributed by atoms with Crippen LogP contribution in [0.1, 0.15) is 57.6 Å². The molecule has 0 heterocycles. The second-order valence-corrected chi connectivity index (χ2v) is 7.19. The lowest BCUT2D eigenvalue weighted by molar-refractivity contribution is -0.0103. The molecule has 1 aliphatic carbocycles. The molecule has 2 nitrogen and oxygen atoms in total. The largest absolute Gasteiger partial charge is 0.389 e. The van der Waals surface area contributed by atoms with Gasteiger partial charge in [-0.25, -0.2) is 0 Å². The Kier molecular flexibility index (Phi) is 5.96. The molecule has 4 heteroatoms. The molecule has 1 atom stereocenters. The smallest absolute Gasteiger partial charge is 0.0772 e. The van der Waals surface area contributed by atoms with Crippen molar-refractivity contribution >= 4 is 23.2 Å². The van der Waals surface area contributed by atoms with Gasteiger partial charge in [0.2, 0.25) is 0 Å². The van der Waals surface area contributed by atoms with Crippen LogP contribution in [-0.2, 0) is 0 Å². The molecular formula is C17H25Cl2NO. The van der Waals surface area contributed by atoms with Crippen molar-refractivity contribution in [2.75, 3.05) is 6.54 Å². The lowest BCUT2D eigenvalue weighted by Crippen LogP contribution is -2.44. The van der Waals surface area contributed by atoms with Crippen LogP contribution in [0.4, 0.5) is 0 Å². The third-order valence-electron chi connectivity index (χ3n) is 4.78. The van der Waals surface area contributed by atoms with Crippen LogP contribution in [0.15, 0.2) is 18.2 Å². The van der Waals surface area contributed by atoms with Gasteiger partial charge in [0, 0.05) is 22.6 Å². The molecule has 118 valence electrons. The zero-order valence-electron chi connectivity index (χ0n) is 12.8. The fraction of sp³-hybridized carbons (Fsp3) is 0.647. The van der Waals surface area contributed by atoms with E-state index in [1.807, 2.05) is 12.1 Å². The van der Waals surface area contributed by atoms with Crippen molar-refractivity contribution in [1.82, 2.24) is 5.32 Å². The summed E-state index contributed by atoms with van der Waals surface area (Å²) in [5.41, 5.74) is 0.403. The molecule has 0 radical (unpaired) electrons. The Morgan fingerprint density at radius 1 is 1.33 bits per heavy atom. The Bertz CT molecular complexity index is 470. The molecule has 2 N–H and O–H groups in total. The Morgan fingerprint density at radius 2 is 2.00 bits per heavy atom. The summed E-state index contributed by atoms with van der Waals surface area (Å²) in [6, 6.07) is 5.57. The average Bonchev–Trinajstić information content (AvgIpc) is 2.48. The van der Waals surface area contributed by atoms with Gasteiger partial charge >= 0.3 is 0 Å². The van der Waals surface area contributed by atoms with Gasteiger partial charge in [0.05, 0.1) is 5.60 Å². The summed E-state index contributed by atoms with van der Waals surface area (Å²) < 4.78 is 0. The molecule has 0 amide bonds. The number of rotatable bonds is 5. The molecule has 1 saturated carbocycles. The van der Waals surface area contributed by atoms with Crippen molar-refractivity contribution in [3.05, 3.63) is 33.8 Å². The van der Waals surface area contributed by atoms with E-state index in [4.69, 9.17) is 23.2 Å². The molecule has 1 fully saturated rings. The molecule has 0 spiro atoms. The van der Waals surface area contributed by atoms with Gasteiger partial charge in [-0.15, -0.1) is 0 Å². The predicted octanol–water partition coefficient (Wildman–Crippen LogP) is 4.98. The van der Waals surface area contributed by atoms with Gasteiger partial charge in [-0.1, -0.05) is 36.5 Å². The molecule has 0 aromatic heterocycles. The van der Waals surface area contributed by atoms with Crippen LogP contribution in [0.2, 0.25) is 10.0 Å². The van der Waals surface area contributed by atoms with Gasteiger partial charge in [-0.3, -0.25) is 0 Å². The maximum atomic E-state index is 10.7. The maximum absolute atomic E-state index is 10.7. The van der Waals surface area contributed by atoms with Gasteiger partial charge in [-0.2, -0.15) is 0 Å². The van der Waals surface area contributed by atoms with Crippen molar-refractivity contribution < 1.29 is 5.11 Å². The standard InChI is InChI=1S/C17H25Cl2NO/c1-3-13-6-8-17(21,9-7-13)11-20-12(2)15-10-14(18)4-5-16(15)19/h4-5,10,12-13,20-21H,3,6-9,11H2,1-2H3. The first-order valence-electron chi connectivity index (χ1n) is 7.84. The van der Waals surface area contributed by atoms with E-state index in [0.717, 1.165) is 37.2 Å². The summed E-state index contributed by atoms with van der Waals surface area (Å²) in [5.74, 6) is 0.782. The summed E-state index contributed by atoms with van der Waals surface area (Å²) in [7, 11) is 0. The Balaban J connectivity index is 1.92. The Hall–Kier alpha value is -0.280. The minimum absolute atomic E-state index is 0.0733. The number of nitrogens with one attached hydrogen (secondary N) is 1. The average molecular weight is 330 g/mol. The highest BCUT2D eigenvalue weighted by Gasteiger charge is 2.32. The van der Waals surface area contributed by atoms with Crippen molar-refractivity contribution in [2.45, 2.75) is 57.6 Å². The van der Waals surface area contributed by atoms with Crippen LogP contribution in [0.5, 0.6) is 0 Å². The van der Waals surface area contributed by atoms with E-state index in [0.29, 0.717) is 16.6 Å². The molecule has 0 bridgehead atoms. The minimum atomic E-state index is -0.578. The SMILES string of the molecule is CCC1CCC(O)(CNC(C)c2cc(Cl)ccc2Cl)CC1. The highest BCUT2D eigenvalue weighted by atomic mass is 35.5. The zero-order chi connectivity index (χ0) is 15.5. The molecule has 21 heavy (non-hydrogen) atoms. The lowest BCUT2D eigenvalue weighted by Gasteiger charge is -2.36. The quantitative estimate of drug-likeness (QED) is 0.798. The molecule has 0 saturated heterocycles. The van der Waals surface area contributed by atoms with Crippen LogP contribution < -0.4 is 5.32 Å². The lowest BCUT2D eigenvalue weighted by atomic mass is 9.77. The van der Waals surface area contributed by atoms with Crippen LogP contribution in [0, 0.1) is 5.92 Å². The van der Waals surface area contributed by atoms with E-state index < -0.39 is 5.60 Å². The maximum Gasteiger partial charge on any atom is 0.0772 e. The molecule has 2 rings (SSSR count). The third-order valence-corrected chi connectivity index (χ3v) is 5.35. The minimum Gasteiger partial charge on any atom is -0.389 e. The van der Waals surface area contributed by atoms with Gasteiger partial charge in [0.25, 0.3) is 0 Å². The third kappa shape index (κ3) is 4.59. The summed E-state index contributed by atoms with van der Waals surface area (Å²) in [6.45, 7) is 4.89. The van der Waals surface area contributed by atoms with Gasteiger partial charge in [-0.05, 0) is 62.3 Å². The first-order valence-corrected chi connectivity index (χ1v) is 8.60. The fourth-order valence-corrected chi connectivity index (χ4v) is 3.56. The van der Waals surface area contributed by atoms with Gasteiger partial charge < -0.3 is 10.4 Å². The summed E-state index contributed by atoms with van der Waals surface area (Å²) in [4.78, 5) is 0. The molecule has 1 aromatic carbocycles. The van der Waals surface area contributed by atoms with E-state index >= 15 is 0 Å². The summed E-state index contributed by atoms with van der Waals surface area (Å²) in [5, 5.41) is 15.5. The van der Waals surface area contributed by atoms with Crippen LogP contribution in [0.25, 0.3) is 0 Å².